The van der Waals surface area contributed by atoms with E-state index in [-0.39, 0.29) is 12.2 Å². The lowest BCUT2D eigenvalue weighted by atomic mass is 10.0. The summed E-state index contributed by atoms with van der Waals surface area (Å²) in [6.07, 6.45) is 6.25. The van der Waals surface area contributed by atoms with Crippen LogP contribution in [0.2, 0.25) is 12.6 Å². The zero-order valence-electron chi connectivity index (χ0n) is 16.2. The molecule has 0 aromatic rings. The molecule has 0 aromatic carbocycles. The van der Waals surface area contributed by atoms with Gasteiger partial charge < -0.3 is 18.3 Å². The standard InChI is InChI=1S/C18H38O4Si/c1-7-11-13-20-23(6,14-9-3)22-17(12-8-2)18(10-4)19-15-16(5)21-18/h16-17H,7-15H2,1-6H3. The summed E-state index contributed by atoms with van der Waals surface area (Å²) in [4.78, 5) is 0. The van der Waals surface area contributed by atoms with Gasteiger partial charge in [0.2, 0.25) is 0 Å². The first-order chi connectivity index (χ1) is 10.9. The molecule has 0 saturated carbocycles. The van der Waals surface area contributed by atoms with Gasteiger partial charge in [-0.3, -0.25) is 0 Å². The Morgan fingerprint density at radius 3 is 2.39 bits per heavy atom. The van der Waals surface area contributed by atoms with Gasteiger partial charge in [0, 0.05) is 13.0 Å². The van der Waals surface area contributed by atoms with E-state index in [0.717, 1.165) is 51.2 Å². The van der Waals surface area contributed by atoms with Crippen LogP contribution in [0.3, 0.4) is 0 Å². The second kappa shape index (κ2) is 10.1. The quantitative estimate of drug-likeness (QED) is 0.367. The summed E-state index contributed by atoms with van der Waals surface area (Å²) in [6.45, 7) is 14.4. The van der Waals surface area contributed by atoms with Crippen molar-refractivity contribution in [1.82, 2.24) is 0 Å². The van der Waals surface area contributed by atoms with Gasteiger partial charge in [-0.15, -0.1) is 0 Å². The zero-order chi connectivity index (χ0) is 17.3. The van der Waals surface area contributed by atoms with Gasteiger partial charge in [-0.2, -0.15) is 0 Å². The van der Waals surface area contributed by atoms with E-state index in [1.165, 1.54) is 0 Å². The normalized spacial score (nSPS) is 28.7. The van der Waals surface area contributed by atoms with E-state index < -0.39 is 14.3 Å². The predicted octanol–water partition coefficient (Wildman–Crippen LogP) is 5.01. The van der Waals surface area contributed by atoms with E-state index in [1.807, 2.05) is 0 Å². The summed E-state index contributed by atoms with van der Waals surface area (Å²) in [5.41, 5.74) is 0. The Balaban J connectivity index is 2.84. The molecule has 0 aromatic heterocycles. The first-order valence-corrected chi connectivity index (χ1v) is 12.1. The number of unbranched alkanes of at least 4 members (excludes halogenated alkanes) is 1. The lowest BCUT2D eigenvalue weighted by molar-refractivity contribution is -0.228. The van der Waals surface area contributed by atoms with Crippen LogP contribution in [-0.2, 0) is 18.3 Å². The maximum absolute atomic E-state index is 6.66. The number of rotatable bonds is 12. The SMILES string of the molecule is CCCCO[Si](C)(CCC)OC(CCC)C1(CC)OCC(C)O1. The van der Waals surface area contributed by atoms with Crippen LogP contribution < -0.4 is 0 Å². The Bertz CT molecular complexity index is 328. The Labute approximate surface area is 144 Å². The van der Waals surface area contributed by atoms with Gasteiger partial charge in [0.25, 0.3) is 0 Å². The summed E-state index contributed by atoms with van der Waals surface area (Å²) >= 11 is 0. The lowest BCUT2D eigenvalue weighted by Crippen LogP contribution is -2.52. The minimum Gasteiger partial charge on any atom is -0.394 e. The third-order valence-corrected chi connectivity index (χ3v) is 7.50. The molecule has 4 unspecified atom stereocenters. The van der Waals surface area contributed by atoms with E-state index in [1.54, 1.807) is 0 Å². The fourth-order valence-corrected chi connectivity index (χ4v) is 5.95. The van der Waals surface area contributed by atoms with Crippen molar-refractivity contribution in [3.63, 3.8) is 0 Å². The predicted molar refractivity (Wildman–Crippen MR) is 96.9 cm³/mol. The molecule has 1 aliphatic heterocycles. The lowest BCUT2D eigenvalue weighted by Gasteiger charge is -2.40. The Hall–Kier alpha value is 0.0569. The first-order valence-electron chi connectivity index (χ1n) is 9.58. The highest BCUT2D eigenvalue weighted by Crippen LogP contribution is 2.36. The highest BCUT2D eigenvalue weighted by molar-refractivity contribution is 6.66. The van der Waals surface area contributed by atoms with E-state index >= 15 is 0 Å². The van der Waals surface area contributed by atoms with Crippen LogP contribution in [0.4, 0.5) is 0 Å². The van der Waals surface area contributed by atoms with Gasteiger partial charge >= 0.3 is 8.56 Å². The average Bonchev–Trinajstić information content (AvgIpc) is 2.90. The zero-order valence-corrected chi connectivity index (χ0v) is 17.2. The van der Waals surface area contributed by atoms with E-state index in [0.29, 0.717) is 6.61 Å². The average molecular weight is 347 g/mol. The highest BCUT2D eigenvalue weighted by Gasteiger charge is 2.49. The minimum absolute atomic E-state index is 0.0349. The summed E-state index contributed by atoms with van der Waals surface area (Å²) in [5.74, 6) is -0.592. The second-order valence-corrected chi connectivity index (χ2v) is 10.2. The van der Waals surface area contributed by atoms with Crippen LogP contribution in [0.1, 0.15) is 73.1 Å². The van der Waals surface area contributed by atoms with Gasteiger partial charge in [-0.1, -0.05) is 47.0 Å². The number of hydrogen-bond acceptors (Lipinski definition) is 4. The molecule has 0 radical (unpaired) electrons. The molecule has 23 heavy (non-hydrogen) atoms. The minimum atomic E-state index is -2.20. The van der Waals surface area contributed by atoms with E-state index in [4.69, 9.17) is 18.3 Å². The van der Waals surface area contributed by atoms with Gasteiger partial charge in [-0.05, 0) is 32.4 Å². The van der Waals surface area contributed by atoms with Crippen molar-refractivity contribution in [1.29, 1.82) is 0 Å². The molecule has 1 saturated heterocycles. The summed E-state index contributed by atoms with van der Waals surface area (Å²) in [7, 11) is -2.20. The van der Waals surface area contributed by atoms with Gasteiger partial charge in [0.1, 0.15) is 6.10 Å². The third-order valence-electron chi connectivity index (χ3n) is 4.50. The molecule has 0 aliphatic carbocycles. The van der Waals surface area contributed by atoms with Crippen molar-refractivity contribution in [3.8, 4) is 0 Å². The number of hydrogen-bond donors (Lipinski definition) is 0. The van der Waals surface area contributed by atoms with Crippen molar-refractivity contribution in [3.05, 3.63) is 0 Å². The summed E-state index contributed by atoms with van der Waals surface area (Å²) in [6, 6.07) is 1.02. The van der Waals surface area contributed by atoms with Crippen molar-refractivity contribution in [2.24, 2.45) is 0 Å². The molecule has 0 spiro atoms. The molecular formula is C18H38O4Si. The fraction of sp³-hybridized carbons (Fsp3) is 1.00. The van der Waals surface area contributed by atoms with Gasteiger partial charge in [-0.25, -0.2) is 0 Å². The molecule has 5 heteroatoms. The van der Waals surface area contributed by atoms with Crippen molar-refractivity contribution in [2.45, 2.75) is 104 Å². The molecular weight excluding hydrogens is 308 g/mol. The second-order valence-electron chi connectivity index (χ2n) is 6.89. The summed E-state index contributed by atoms with van der Waals surface area (Å²) in [5, 5.41) is 0. The molecule has 1 aliphatic rings. The molecule has 1 rings (SSSR count). The molecule has 0 N–H and O–H groups in total. The maximum Gasteiger partial charge on any atom is 0.335 e. The van der Waals surface area contributed by atoms with Crippen molar-refractivity contribution < 1.29 is 18.3 Å². The van der Waals surface area contributed by atoms with Crippen LogP contribution in [-0.4, -0.2) is 39.8 Å². The van der Waals surface area contributed by atoms with Crippen LogP contribution in [0.5, 0.6) is 0 Å². The molecule has 1 heterocycles. The van der Waals surface area contributed by atoms with Crippen LogP contribution >= 0.6 is 0 Å². The monoisotopic (exact) mass is 346 g/mol. The third kappa shape index (κ3) is 6.13. The smallest absolute Gasteiger partial charge is 0.335 e. The number of ether oxygens (including phenoxy) is 2. The van der Waals surface area contributed by atoms with E-state index in [2.05, 4.69) is 41.2 Å². The molecule has 138 valence electrons. The van der Waals surface area contributed by atoms with E-state index in [9.17, 15) is 0 Å². The molecule has 0 amide bonds. The van der Waals surface area contributed by atoms with Crippen LogP contribution in [0.15, 0.2) is 0 Å². The molecule has 1 fully saturated rings. The Morgan fingerprint density at radius 1 is 1.17 bits per heavy atom. The molecule has 0 bridgehead atoms. The van der Waals surface area contributed by atoms with Crippen molar-refractivity contribution in [2.75, 3.05) is 13.2 Å². The van der Waals surface area contributed by atoms with Crippen LogP contribution in [0, 0.1) is 0 Å². The highest BCUT2D eigenvalue weighted by atomic mass is 28.4. The fourth-order valence-electron chi connectivity index (χ4n) is 3.23. The maximum atomic E-state index is 6.66. The summed E-state index contributed by atoms with van der Waals surface area (Å²) < 4.78 is 25.2. The topological polar surface area (TPSA) is 36.9 Å². The Kier molecular flexibility index (Phi) is 9.30. The van der Waals surface area contributed by atoms with Crippen LogP contribution in [0.25, 0.3) is 0 Å². The molecule has 4 nitrogen and oxygen atoms in total. The van der Waals surface area contributed by atoms with Crippen molar-refractivity contribution >= 4 is 8.56 Å². The largest absolute Gasteiger partial charge is 0.394 e. The molecule has 4 atom stereocenters. The Morgan fingerprint density at radius 2 is 1.91 bits per heavy atom. The first kappa shape index (κ1) is 21.1. The van der Waals surface area contributed by atoms with Gasteiger partial charge in [0.15, 0.2) is 5.79 Å². The van der Waals surface area contributed by atoms with Gasteiger partial charge in [0.05, 0.1) is 12.7 Å².